The fourth-order valence-electron chi connectivity index (χ4n) is 5.45. The van der Waals surface area contributed by atoms with E-state index in [1.165, 1.54) is 38.1 Å². The Bertz CT molecular complexity index is 2040. The third-order valence-corrected chi connectivity index (χ3v) is 7.19. The Balaban J connectivity index is 1.55. The summed E-state index contributed by atoms with van der Waals surface area (Å²) in [6.07, 6.45) is 3.30. The molecule has 2 heterocycles. The van der Waals surface area contributed by atoms with Crippen LogP contribution < -0.4 is 0 Å². The third-order valence-electron chi connectivity index (χ3n) is 7.19. The predicted molar refractivity (Wildman–Crippen MR) is 157 cm³/mol. The molecule has 0 N–H and O–H groups in total. The Morgan fingerprint density at radius 1 is 0.500 bits per heavy atom. The lowest BCUT2D eigenvalue weighted by Gasteiger charge is -2.16. The topological polar surface area (TPSA) is 30.1 Å². The van der Waals surface area contributed by atoms with E-state index in [-0.39, 0.29) is 0 Å². The van der Waals surface area contributed by atoms with Gasteiger partial charge in [-0.25, -0.2) is 9.83 Å². The zero-order valence-electron chi connectivity index (χ0n) is 20.5. The van der Waals surface area contributed by atoms with Gasteiger partial charge in [0.05, 0.1) is 18.0 Å². The Morgan fingerprint density at radius 2 is 1.08 bits per heavy atom. The summed E-state index contributed by atoms with van der Waals surface area (Å²) in [5.41, 5.74) is 6.46. The molecule has 0 saturated carbocycles. The molecule has 0 spiro atoms. The SMILES string of the molecule is [C-]#[N+]c1cnccc1-c1cccc(-c2cc3c4ccccc4c(-c4ccccc4)cc3c3ccccc23)n1. The van der Waals surface area contributed by atoms with E-state index in [4.69, 9.17) is 11.6 Å². The monoisotopic (exact) mass is 483 g/mol. The Labute approximate surface area is 220 Å². The van der Waals surface area contributed by atoms with Gasteiger partial charge in [0, 0.05) is 23.5 Å². The number of rotatable bonds is 3. The molecule has 7 rings (SSSR count). The van der Waals surface area contributed by atoms with E-state index in [0.29, 0.717) is 5.69 Å². The minimum Gasteiger partial charge on any atom is -0.276 e. The molecule has 3 nitrogen and oxygen atoms in total. The fraction of sp³-hybridized carbons (Fsp3) is 0. The summed E-state index contributed by atoms with van der Waals surface area (Å²) in [5.74, 6) is 0. The standard InChI is InChI=1S/C35H21N3/c1-36-35-22-37-19-18-28(35)33-16-9-17-34(38-33)32-21-31-25-13-6-5-12-24(25)29(23-10-3-2-4-11-23)20-30(31)26-14-7-8-15-27(26)32/h2-22H. The van der Waals surface area contributed by atoms with Gasteiger partial charge in [0.2, 0.25) is 5.69 Å². The Morgan fingerprint density at radius 3 is 1.76 bits per heavy atom. The summed E-state index contributed by atoms with van der Waals surface area (Å²) in [6, 6.07) is 40.3. The molecule has 0 bridgehead atoms. The van der Waals surface area contributed by atoms with Crippen molar-refractivity contribution >= 4 is 38.0 Å². The summed E-state index contributed by atoms with van der Waals surface area (Å²) >= 11 is 0. The largest absolute Gasteiger partial charge is 0.276 e. The number of hydrogen-bond acceptors (Lipinski definition) is 2. The van der Waals surface area contributed by atoms with Crippen LogP contribution in [0.1, 0.15) is 0 Å². The van der Waals surface area contributed by atoms with Crippen LogP contribution in [0.2, 0.25) is 0 Å². The molecule has 3 heteroatoms. The van der Waals surface area contributed by atoms with Gasteiger partial charge in [-0.15, -0.1) is 0 Å². The second kappa shape index (κ2) is 8.96. The smallest absolute Gasteiger partial charge is 0.214 e. The minimum absolute atomic E-state index is 0.500. The van der Waals surface area contributed by atoms with Crippen LogP contribution in [0.3, 0.4) is 0 Å². The van der Waals surface area contributed by atoms with Gasteiger partial charge in [-0.1, -0.05) is 84.9 Å². The van der Waals surface area contributed by atoms with E-state index >= 15 is 0 Å². The van der Waals surface area contributed by atoms with Crippen molar-refractivity contribution in [1.82, 2.24) is 9.97 Å². The fourth-order valence-corrected chi connectivity index (χ4v) is 5.45. The maximum Gasteiger partial charge on any atom is 0.214 e. The van der Waals surface area contributed by atoms with E-state index in [2.05, 4.69) is 107 Å². The van der Waals surface area contributed by atoms with E-state index in [1.807, 2.05) is 18.2 Å². The van der Waals surface area contributed by atoms with Crippen molar-refractivity contribution in [3.05, 3.63) is 139 Å². The highest BCUT2D eigenvalue weighted by Gasteiger charge is 2.15. The van der Waals surface area contributed by atoms with Crippen LogP contribution in [-0.2, 0) is 0 Å². The van der Waals surface area contributed by atoms with Crippen molar-refractivity contribution in [2.45, 2.75) is 0 Å². The van der Waals surface area contributed by atoms with Crippen LogP contribution in [0.15, 0.2) is 128 Å². The van der Waals surface area contributed by atoms with Crippen molar-refractivity contribution in [3.63, 3.8) is 0 Å². The van der Waals surface area contributed by atoms with Crippen molar-refractivity contribution in [1.29, 1.82) is 0 Å². The molecule has 0 aliphatic heterocycles. The van der Waals surface area contributed by atoms with Crippen LogP contribution in [0.4, 0.5) is 5.69 Å². The first-order valence-electron chi connectivity index (χ1n) is 12.5. The second-order valence-electron chi connectivity index (χ2n) is 9.31. The average molecular weight is 484 g/mol. The predicted octanol–water partition coefficient (Wildman–Crippen LogP) is 9.49. The molecule has 38 heavy (non-hydrogen) atoms. The molecule has 2 aromatic heterocycles. The zero-order valence-corrected chi connectivity index (χ0v) is 20.5. The van der Waals surface area contributed by atoms with Gasteiger partial charge < -0.3 is 0 Å². The molecule has 7 aromatic rings. The van der Waals surface area contributed by atoms with Crippen molar-refractivity contribution in [2.75, 3.05) is 0 Å². The number of nitrogens with zero attached hydrogens (tertiary/aromatic N) is 3. The quantitative estimate of drug-likeness (QED) is 0.185. The summed E-state index contributed by atoms with van der Waals surface area (Å²) in [7, 11) is 0. The van der Waals surface area contributed by atoms with Gasteiger partial charge >= 0.3 is 0 Å². The molecule has 0 aliphatic rings. The van der Waals surface area contributed by atoms with E-state index in [1.54, 1.807) is 12.4 Å². The first-order valence-corrected chi connectivity index (χ1v) is 12.5. The Kier molecular flexibility index (Phi) is 5.17. The van der Waals surface area contributed by atoms with Gasteiger partial charge in [0.15, 0.2) is 0 Å². The van der Waals surface area contributed by atoms with Crippen LogP contribution >= 0.6 is 0 Å². The molecule has 0 unspecified atom stereocenters. The van der Waals surface area contributed by atoms with Crippen LogP contribution in [0.25, 0.3) is 70.8 Å². The maximum atomic E-state index is 7.56. The van der Waals surface area contributed by atoms with Crippen molar-refractivity contribution in [2.24, 2.45) is 0 Å². The van der Waals surface area contributed by atoms with Crippen molar-refractivity contribution < 1.29 is 0 Å². The molecule has 176 valence electrons. The highest BCUT2D eigenvalue weighted by atomic mass is 14.8. The lowest BCUT2D eigenvalue weighted by Crippen LogP contribution is -1.92. The number of aromatic nitrogens is 2. The van der Waals surface area contributed by atoms with Crippen molar-refractivity contribution in [3.8, 4) is 33.6 Å². The van der Waals surface area contributed by atoms with E-state index in [0.717, 1.165) is 27.9 Å². The molecule has 0 amide bonds. The van der Waals surface area contributed by atoms with Crippen LogP contribution in [-0.4, -0.2) is 9.97 Å². The summed E-state index contributed by atoms with van der Waals surface area (Å²) in [4.78, 5) is 12.8. The average Bonchev–Trinajstić information content (AvgIpc) is 3.00. The van der Waals surface area contributed by atoms with Gasteiger partial charge in [-0.2, -0.15) is 0 Å². The minimum atomic E-state index is 0.500. The van der Waals surface area contributed by atoms with Crippen LogP contribution in [0, 0.1) is 6.57 Å². The van der Waals surface area contributed by atoms with Gasteiger partial charge in [-0.3, -0.25) is 4.98 Å². The summed E-state index contributed by atoms with van der Waals surface area (Å²) in [5, 5.41) is 7.22. The van der Waals surface area contributed by atoms with E-state index < -0.39 is 0 Å². The summed E-state index contributed by atoms with van der Waals surface area (Å²) in [6.45, 7) is 7.56. The lowest BCUT2D eigenvalue weighted by molar-refractivity contribution is 1.30. The first-order chi connectivity index (χ1) is 18.8. The maximum absolute atomic E-state index is 7.56. The Hall–Kier alpha value is -5.33. The molecule has 0 aliphatic carbocycles. The van der Waals surface area contributed by atoms with Gasteiger partial charge in [-0.05, 0) is 73.8 Å². The second-order valence-corrected chi connectivity index (χ2v) is 9.31. The molecular formula is C35H21N3. The molecular weight excluding hydrogens is 462 g/mol. The molecule has 0 radical (unpaired) electrons. The highest BCUT2D eigenvalue weighted by molar-refractivity contribution is 6.23. The zero-order chi connectivity index (χ0) is 25.5. The van der Waals surface area contributed by atoms with E-state index in [9.17, 15) is 0 Å². The van der Waals surface area contributed by atoms with Gasteiger partial charge in [0.25, 0.3) is 0 Å². The number of hydrogen-bond donors (Lipinski definition) is 0. The van der Waals surface area contributed by atoms with Crippen LogP contribution in [0.5, 0.6) is 0 Å². The van der Waals surface area contributed by atoms with Gasteiger partial charge in [0.1, 0.15) is 0 Å². The first kappa shape index (κ1) is 21.9. The molecule has 0 saturated heterocycles. The number of fused-ring (bicyclic) bond motifs is 5. The molecule has 0 atom stereocenters. The number of pyridine rings is 2. The molecule has 5 aromatic carbocycles. The highest BCUT2D eigenvalue weighted by Crippen LogP contribution is 2.41. The summed E-state index contributed by atoms with van der Waals surface area (Å²) < 4.78 is 0. The lowest BCUT2D eigenvalue weighted by atomic mass is 9.88. The third kappa shape index (κ3) is 3.51. The molecule has 0 fully saturated rings. The number of benzene rings is 5. The normalized spacial score (nSPS) is 11.1.